The van der Waals surface area contributed by atoms with Crippen molar-refractivity contribution in [3.05, 3.63) is 24.3 Å². The summed E-state index contributed by atoms with van der Waals surface area (Å²) in [5.74, 6) is 1.78. The monoisotopic (exact) mass is 226 g/mol. The van der Waals surface area contributed by atoms with Crippen LogP contribution in [0.3, 0.4) is 0 Å². The molecule has 0 radical (unpaired) electrons. The van der Waals surface area contributed by atoms with E-state index in [1.165, 1.54) is 0 Å². The van der Waals surface area contributed by atoms with Crippen molar-refractivity contribution >= 4 is 0 Å². The van der Waals surface area contributed by atoms with E-state index >= 15 is 0 Å². The van der Waals surface area contributed by atoms with Crippen molar-refractivity contribution in [2.24, 2.45) is 0 Å². The third-order valence-electron chi connectivity index (χ3n) is 1.45. The second-order valence-electron chi connectivity index (χ2n) is 2.34. The van der Waals surface area contributed by atoms with E-state index < -0.39 is 0 Å². The van der Waals surface area contributed by atoms with Gasteiger partial charge in [-0.1, -0.05) is 27.7 Å². The smallest absolute Gasteiger partial charge is 0.119 e. The van der Waals surface area contributed by atoms with Crippen LogP contribution < -0.4 is 9.47 Å². The normalized spacial score (nSPS) is 7.88. The molecule has 1 aromatic rings. The van der Waals surface area contributed by atoms with E-state index in [1.807, 2.05) is 65.8 Å². The first-order valence-electron chi connectivity index (χ1n) is 6.22. The molecule has 0 saturated carbocycles. The molecule has 0 aliphatic heterocycles. The van der Waals surface area contributed by atoms with Gasteiger partial charge in [0.2, 0.25) is 0 Å². The summed E-state index contributed by atoms with van der Waals surface area (Å²) in [5.41, 5.74) is 0. The first kappa shape index (κ1) is 17.2. The van der Waals surface area contributed by atoms with Gasteiger partial charge >= 0.3 is 0 Å². The third kappa shape index (κ3) is 8.16. The summed E-state index contributed by atoms with van der Waals surface area (Å²) in [6.07, 6.45) is 0. The highest BCUT2D eigenvalue weighted by atomic mass is 16.5. The Kier molecular flexibility index (Phi) is 14.9. The summed E-state index contributed by atoms with van der Waals surface area (Å²) in [5, 5.41) is 0. The van der Waals surface area contributed by atoms with Gasteiger partial charge in [0.25, 0.3) is 0 Å². The highest BCUT2D eigenvalue weighted by Gasteiger charge is 1.92. The molecule has 0 aromatic heterocycles. The fourth-order valence-electron chi connectivity index (χ4n) is 0.965. The Labute approximate surface area is 101 Å². The number of hydrogen-bond donors (Lipinski definition) is 0. The van der Waals surface area contributed by atoms with Gasteiger partial charge in [0.1, 0.15) is 11.5 Å². The van der Waals surface area contributed by atoms with E-state index in [4.69, 9.17) is 9.47 Å². The first-order chi connectivity index (χ1) is 7.86. The maximum absolute atomic E-state index is 5.28. The van der Waals surface area contributed by atoms with E-state index in [-0.39, 0.29) is 0 Å². The molecule has 0 fully saturated rings. The molecular weight excluding hydrogens is 200 g/mol. The van der Waals surface area contributed by atoms with Crippen LogP contribution in [0.1, 0.15) is 41.5 Å². The van der Waals surface area contributed by atoms with Crippen LogP contribution in [-0.2, 0) is 0 Å². The molecule has 0 amide bonds. The van der Waals surface area contributed by atoms with Crippen molar-refractivity contribution < 1.29 is 9.47 Å². The van der Waals surface area contributed by atoms with Gasteiger partial charge in [-0.3, -0.25) is 0 Å². The molecule has 0 saturated heterocycles. The van der Waals surface area contributed by atoms with E-state index in [0.29, 0.717) is 13.2 Å². The summed E-state index contributed by atoms with van der Waals surface area (Å²) in [7, 11) is 0. The van der Waals surface area contributed by atoms with Gasteiger partial charge in [-0.2, -0.15) is 0 Å². The molecule has 0 bridgehead atoms. The molecule has 2 nitrogen and oxygen atoms in total. The molecule has 0 heterocycles. The van der Waals surface area contributed by atoms with Crippen LogP contribution in [-0.4, -0.2) is 13.2 Å². The van der Waals surface area contributed by atoms with Gasteiger partial charge in [-0.15, -0.1) is 0 Å². The first-order valence-corrected chi connectivity index (χ1v) is 6.22. The zero-order chi connectivity index (χ0) is 12.8. The van der Waals surface area contributed by atoms with Gasteiger partial charge in [-0.25, -0.2) is 0 Å². The molecule has 16 heavy (non-hydrogen) atoms. The maximum Gasteiger partial charge on any atom is 0.119 e. The average Bonchev–Trinajstić information content (AvgIpc) is 2.37. The van der Waals surface area contributed by atoms with Crippen molar-refractivity contribution in [3.63, 3.8) is 0 Å². The van der Waals surface area contributed by atoms with Gasteiger partial charge in [0.15, 0.2) is 0 Å². The minimum Gasteiger partial charge on any atom is -0.494 e. The standard InChI is InChI=1S/C10H14O2.2C2H6/c1-3-11-9-5-7-10(8-6-9)12-4-2;2*1-2/h5-8H,3-4H2,1-2H3;2*1-2H3. The molecule has 0 spiro atoms. The third-order valence-corrected chi connectivity index (χ3v) is 1.45. The predicted octanol–water partition coefficient (Wildman–Crippen LogP) is 4.54. The second-order valence-corrected chi connectivity index (χ2v) is 2.34. The lowest BCUT2D eigenvalue weighted by molar-refractivity contribution is 0.330. The Hall–Kier alpha value is -1.18. The second kappa shape index (κ2) is 13.8. The lowest BCUT2D eigenvalue weighted by atomic mass is 10.3. The number of ether oxygens (including phenoxy) is 2. The highest BCUT2D eigenvalue weighted by Crippen LogP contribution is 2.17. The zero-order valence-electron chi connectivity index (χ0n) is 11.5. The Morgan fingerprint density at radius 1 is 0.688 bits per heavy atom. The lowest BCUT2D eigenvalue weighted by Crippen LogP contribution is -1.93. The quantitative estimate of drug-likeness (QED) is 0.750. The van der Waals surface area contributed by atoms with E-state index in [2.05, 4.69) is 0 Å². The number of rotatable bonds is 4. The fourth-order valence-corrected chi connectivity index (χ4v) is 0.965. The summed E-state index contributed by atoms with van der Waals surface area (Å²) < 4.78 is 10.6. The summed E-state index contributed by atoms with van der Waals surface area (Å²) in [6.45, 7) is 13.3. The minimum absolute atomic E-state index is 0.702. The molecule has 0 aliphatic carbocycles. The Bertz CT molecular complexity index is 192. The molecule has 94 valence electrons. The zero-order valence-corrected chi connectivity index (χ0v) is 11.5. The van der Waals surface area contributed by atoms with Gasteiger partial charge in [0, 0.05) is 0 Å². The molecule has 2 heteroatoms. The Morgan fingerprint density at radius 3 is 1.12 bits per heavy atom. The predicted molar refractivity (Wildman–Crippen MR) is 71.5 cm³/mol. The molecule has 1 rings (SSSR count). The fraction of sp³-hybridized carbons (Fsp3) is 0.571. The molecular formula is C14H26O2. The lowest BCUT2D eigenvalue weighted by Gasteiger charge is -2.04. The van der Waals surface area contributed by atoms with Gasteiger partial charge < -0.3 is 9.47 Å². The van der Waals surface area contributed by atoms with Gasteiger partial charge in [0.05, 0.1) is 13.2 Å². The van der Waals surface area contributed by atoms with Crippen LogP contribution >= 0.6 is 0 Å². The van der Waals surface area contributed by atoms with E-state index in [0.717, 1.165) is 11.5 Å². The highest BCUT2D eigenvalue weighted by molar-refractivity contribution is 5.31. The van der Waals surface area contributed by atoms with Crippen LogP contribution in [0.15, 0.2) is 24.3 Å². The molecule has 0 aliphatic rings. The van der Waals surface area contributed by atoms with Crippen LogP contribution in [0.2, 0.25) is 0 Å². The number of hydrogen-bond acceptors (Lipinski definition) is 2. The van der Waals surface area contributed by atoms with Gasteiger partial charge in [-0.05, 0) is 38.1 Å². The minimum atomic E-state index is 0.702. The summed E-state index contributed by atoms with van der Waals surface area (Å²) >= 11 is 0. The van der Waals surface area contributed by atoms with Crippen molar-refractivity contribution in [2.75, 3.05) is 13.2 Å². The van der Waals surface area contributed by atoms with Crippen molar-refractivity contribution in [1.29, 1.82) is 0 Å². The largest absolute Gasteiger partial charge is 0.494 e. The van der Waals surface area contributed by atoms with Crippen molar-refractivity contribution in [1.82, 2.24) is 0 Å². The van der Waals surface area contributed by atoms with Crippen LogP contribution in [0.4, 0.5) is 0 Å². The molecule has 0 atom stereocenters. The number of benzene rings is 1. The summed E-state index contributed by atoms with van der Waals surface area (Å²) in [6, 6.07) is 7.64. The van der Waals surface area contributed by atoms with Crippen LogP contribution in [0, 0.1) is 0 Å². The average molecular weight is 226 g/mol. The van der Waals surface area contributed by atoms with Crippen LogP contribution in [0.5, 0.6) is 11.5 Å². The van der Waals surface area contributed by atoms with Crippen molar-refractivity contribution in [2.45, 2.75) is 41.5 Å². The van der Waals surface area contributed by atoms with Crippen molar-refractivity contribution in [3.8, 4) is 11.5 Å². The molecule has 1 aromatic carbocycles. The molecule has 0 unspecified atom stereocenters. The maximum atomic E-state index is 5.28. The summed E-state index contributed by atoms with van der Waals surface area (Å²) in [4.78, 5) is 0. The topological polar surface area (TPSA) is 18.5 Å². The molecule has 0 N–H and O–H groups in total. The van der Waals surface area contributed by atoms with E-state index in [9.17, 15) is 0 Å². The van der Waals surface area contributed by atoms with Crippen LogP contribution in [0.25, 0.3) is 0 Å². The van der Waals surface area contributed by atoms with E-state index in [1.54, 1.807) is 0 Å². The Morgan fingerprint density at radius 2 is 0.938 bits per heavy atom. The Balaban J connectivity index is 0. The SMILES string of the molecule is CC.CC.CCOc1ccc(OCC)cc1.